The van der Waals surface area contributed by atoms with E-state index in [1.54, 1.807) is 0 Å². The summed E-state index contributed by atoms with van der Waals surface area (Å²) >= 11 is 3.25. The Labute approximate surface area is 88.3 Å². The fourth-order valence-corrected chi connectivity index (χ4v) is 2.07. The van der Waals surface area contributed by atoms with Crippen molar-refractivity contribution in [3.63, 3.8) is 0 Å². The highest BCUT2D eigenvalue weighted by molar-refractivity contribution is 9.10. The van der Waals surface area contributed by atoms with Crippen LogP contribution >= 0.6 is 15.9 Å². The quantitative estimate of drug-likeness (QED) is 0.806. The summed E-state index contributed by atoms with van der Waals surface area (Å²) in [5.74, 6) is -1.16. The van der Waals surface area contributed by atoms with Crippen molar-refractivity contribution in [1.29, 1.82) is 0 Å². The van der Waals surface area contributed by atoms with Gasteiger partial charge in [-0.25, -0.2) is 4.79 Å². The van der Waals surface area contributed by atoms with Gasteiger partial charge in [-0.1, -0.05) is 15.9 Å². The number of carboxylic acid groups (broad SMARTS) is 1. The van der Waals surface area contributed by atoms with Gasteiger partial charge in [-0.2, -0.15) is 0 Å². The average Bonchev–Trinajstić information content (AvgIpc) is 2.59. The number of fused-ring (bicyclic) bond motifs is 1. The summed E-state index contributed by atoms with van der Waals surface area (Å²) in [6.45, 7) is 0.477. The number of rotatable bonds is 1. The molecule has 2 rings (SSSR count). The van der Waals surface area contributed by atoms with Crippen LogP contribution in [0.4, 0.5) is 0 Å². The minimum absolute atomic E-state index is 0.141. The molecular weight excluding hydrogens is 252 g/mol. The molecule has 0 radical (unpaired) electrons. The highest BCUT2D eigenvalue weighted by Crippen LogP contribution is 2.41. The molecule has 14 heavy (non-hydrogen) atoms. The molecular formula is C9H7BrO4. The molecule has 0 bridgehead atoms. The van der Waals surface area contributed by atoms with Crippen molar-refractivity contribution in [2.75, 3.05) is 6.61 Å². The lowest BCUT2D eigenvalue weighted by molar-refractivity contribution is 0.0693. The lowest BCUT2D eigenvalue weighted by Gasteiger charge is -2.07. The molecule has 0 amide bonds. The van der Waals surface area contributed by atoms with Gasteiger partial charge in [0.2, 0.25) is 0 Å². The molecule has 0 atom stereocenters. The molecule has 1 heterocycles. The minimum atomic E-state index is -1.17. The summed E-state index contributed by atoms with van der Waals surface area (Å²) in [6.07, 6.45) is 0.684. The highest BCUT2D eigenvalue weighted by Gasteiger charge is 2.24. The third kappa shape index (κ3) is 1.24. The minimum Gasteiger partial charge on any atom is -0.504 e. The van der Waals surface area contributed by atoms with Gasteiger partial charge in [0.15, 0.2) is 11.5 Å². The average molecular weight is 259 g/mol. The molecule has 1 aromatic rings. The molecule has 1 aliphatic heterocycles. The van der Waals surface area contributed by atoms with E-state index in [0.29, 0.717) is 17.5 Å². The van der Waals surface area contributed by atoms with Crippen LogP contribution in [0.2, 0.25) is 0 Å². The van der Waals surface area contributed by atoms with Crippen LogP contribution in [0.25, 0.3) is 0 Å². The molecule has 1 aliphatic rings. The summed E-state index contributed by atoms with van der Waals surface area (Å²) in [7, 11) is 0. The number of ether oxygens (including phenoxy) is 1. The van der Waals surface area contributed by atoms with Crippen molar-refractivity contribution < 1.29 is 19.7 Å². The van der Waals surface area contributed by atoms with Crippen molar-refractivity contribution in [3.05, 3.63) is 21.7 Å². The van der Waals surface area contributed by atoms with Crippen molar-refractivity contribution in [2.45, 2.75) is 6.42 Å². The Kier molecular flexibility index (Phi) is 2.11. The van der Waals surface area contributed by atoms with Crippen LogP contribution in [-0.2, 0) is 6.42 Å². The maximum absolute atomic E-state index is 10.7. The Morgan fingerprint density at radius 2 is 2.29 bits per heavy atom. The van der Waals surface area contributed by atoms with Crippen LogP contribution in [0.15, 0.2) is 10.5 Å². The first-order chi connectivity index (χ1) is 6.61. The Morgan fingerprint density at radius 3 is 2.93 bits per heavy atom. The summed E-state index contributed by atoms with van der Waals surface area (Å²) < 4.78 is 5.82. The molecule has 2 N–H and O–H groups in total. The number of aromatic carboxylic acids is 1. The van der Waals surface area contributed by atoms with E-state index in [-0.39, 0.29) is 17.1 Å². The first-order valence-electron chi connectivity index (χ1n) is 4.01. The summed E-state index contributed by atoms with van der Waals surface area (Å²) in [4.78, 5) is 10.7. The second-order valence-electron chi connectivity index (χ2n) is 2.97. The summed E-state index contributed by atoms with van der Waals surface area (Å²) in [5, 5.41) is 18.4. The zero-order valence-electron chi connectivity index (χ0n) is 7.08. The fraction of sp³-hybridized carbons (Fsp3) is 0.222. The molecule has 0 aliphatic carbocycles. The van der Waals surface area contributed by atoms with Gasteiger partial charge in [0.05, 0.1) is 6.61 Å². The predicted molar refractivity (Wildman–Crippen MR) is 52.0 cm³/mol. The topological polar surface area (TPSA) is 66.8 Å². The molecule has 0 saturated heterocycles. The maximum atomic E-state index is 10.7. The standard InChI is InChI=1S/C9H7BrO4/c10-6-3-5(9(12)13)7(11)8-4(6)1-2-14-8/h3,11H,1-2H2,(H,12,13). The van der Waals surface area contributed by atoms with Gasteiger partial charge >= 0.3 is 5.97 Å². The van der Waals surface area contributed by atoms with E-state index in [9.17, 15) is 9.90 Å². The van der Waals surface area contributed by atoms with Gasteiger partial charge in [0.25, 0.3) is 0 Å². The van der Waals surface area contributed by atoms with Crippen LogP contribution in [0.5, 0.6) is 11.5 Å². The van der Waals surface area contributed by atoms with Gasteiger partial charge in [-0.15, -0.1) is 0 Å². The third-order valence-electron chi connectivity index (χ3n) is 2.13. The number of carboxylic acids is 1. The van der Waals surface area contributed by atoms with E-state index in [0.717, 1.165) is 5.56 Å². The largest absolute Gasteiger partial charge is 0.504 e. The Bertz CT molecular complexity index is 414. The van der Waals surface area contributed by atoms with Crippen molar-refractivity contribution in [1.82, 2.24) is 0 Å². The number of aromatic hydroxyl groups is 1. The maximum Gasteiger partial charge on any atom is 0.339 e. The molecule has 1 aromatic carbocycles. The van der Waals surface area contributed by atoms with Gasteiger partial charge in [-0.3, -0.25) is 0 Å². The zero-order chi connectivity index (χ0) is 10.3. The molecule has 4 nitrogen and oxygen atoms in total. The van der Waals surface area contributed by atoms with Crippen LogP contribution in [0.3, 0.4) is 0 Å². The van der Waals surface area contributed by atoms with E-state index in [1.165, 1.54) is 6.07 Å². The van der Waals surface area contributed by atoms with Gasteiger partial charge < -0.3 is 14.9 Å². The summed E-state index contributed by atoms with van der Waals surface area (Å²) in [5.41, 5.74) is 0.685. The van der Waals surface area contributed by atoms with E-state index in [1.807, 2.05) is 0 Å². The fourth-order valence-electron chi connectivity index (χ4n) is 1.46. The van der Waals surface area contributed by atoms with Crippen LogP contribution in [-0.4, -0.2) is 22.8 Å². The lowest BCUT2D eigenvalue weighted by atomic mass is 10.1. The predicted octanol–water partition coefficient (Wildman–Crippen LogP) is 1.79. The number of benzene rings is 1. The monoisotopic (exact) mass is 258 g/mol. The first-order valence-corrected chi connectivity index (χ1v) is 4.81. The normalized spacial score (nSPS) is 13.5. The van der Waals surface area contributed by atoms with E-state index < -0.39 is 5.97 Å². The number of hydrogen-bond acceptors (Lipinski definition) is 3. The van der Waals surface area contributed by atoms with Crippen molar-refractivity contribution in [2.24, 2.45) is 0 Å². The molecule has 0 unspecified atom stereocenters. The number of hydrogen-bond donors (Lipinski definition) is 2. The Balaban J connectivity index is 2.68. The molecule has 0 saturated carbocycles. The highest BCUT2D eigenvalue weighted by atomic mass is 79.9. The molecule has 5 heteroatoms. The van der Waals surface area contributed by atoms with Crippen LogP contribution in [0, 0.1) is 0 Å². The van der Waals surface area contributed by atoms with Crippen molar-refractivity contribution in [3.8, 4) is 11.5 Å². The Morgan fingerprint density at radius 1 is 1.57 bits per heavy atom. The number of halogens is 1. The van der Waals surface area contributed by atoms with Gasteiger partial charge in [0.1, 0.15) is 5.56 Å². The second-order valence-corrected chi connectivity index (χ2v) is 3.82. The molecule has 0 fully saturated rings. The van der Waals surface area contributed by atoms with Gasteiger partial charge in [-0.05, 0) is 6.07 Å². The van der Waals surface area contributed by atoms with E-state index in [4.69, 9.17) is 9.84 Å². The Hall–Kier alpha value is -1.23. The summed E-state index contributed by atoms with van der Waals surface area (Å²) in [6, 6.07) is 1.39. The van der Waals surface area contributed by atoms with E-state index in [2.05, 4.69) is 15.9 Å². The molecule has 74 valence electrons. The SMILES string of the molecule is O=C(O)c1cc(Br)c2c(c1O)OCC2. The number of carbonyl (C=O) groups is 1. The first kappa shape index (κ1) is 9.33. The molecule has 0 spiro atoms. The van der Waals surface area contributed by atoms with Gasteiger partial charge in [0, 0.05) is 16.5 Å². The number of phenols is 1. The van der Waals surface area contributed by atoms with E-state index >= 15 is 0 Å². The molecule has 0 aromatic heterocycles. The zero-order valence-corrected chi connectivity index (χ0v) is 8.67. The smallest absolute Gasteiger partial charge is 0.339 e. The lowest BCUT2D eigenvalue weighted by Crippen LogP contribution is -1.98. The van der Waals surface area contributed by atoms with Crippen molar-refractivity contribution >= 4 is 21.9 Å². The van der Waals surface area contributed by atoms with Crippen LogP contribution in [0.1, 0.15) is 15.9 Å². The second kappa shape index (κ2) is 3.16. The third-order valence-corrected chi connectivity index (χ3v) is 2.84. The van der Waals surface area contributed by atoms with Crippen LogP contribution < -0.4 is 4.74 Å².